The van der Waals surface area contributed by atoms with Gasteiger partial charge in [-0.15, -0.1) is 0 Å². The molecule has 0 aromatic heterocycles. The van der Waals surface area contributed by atoms with Crippen LogP contribution in [0.5, 0.6) is 5.75 Å². The molecule has 2 rings (SSSR count). The highest BCUT2D eigenvalue weighted by Gasteiger charge is 2.24. The van der Waals surface area contributed by atoms with Crippen molar-refractivity contribution in [3.63, 3.8) is 0 Å². The number of likely N-dealkylation sites (tertiary alicyclic amines) is 1. The maximum Gasteiger partial charge on any atom is 0.194 e. The van der Waals surface area contributed by atoms with Crippen LogP contribution in [0.25, 0.3) is 0 Å². The fourth-order valence-corrected chi connectivity index (χ4v) is 3.23. The first-order valence-electron chi connectivity index (χ1n) is 9.07. The van der Waals surface area contributed by atoms with Crippen molar-refractivity contribution in [3.8, 4) is 5.75 Å². The highest BCUT2D eigenvalue weighted by Crippen LogP contribution is 2.21. The Morgan fingerprint density at radius 1 is 1.32 bits per heavy atom. The molecule has 1 heterocycles. The van der Waals surface area contributed by atoms with Gasteiger partial charge in [0.25, 0.3) is 0 Å². The Morgan fingerprint density at radius 3 is 2.56 bits per heavy atom. The lowest BCUT2D eigenvalue weighted by molar-refractivity contribution is 0.114. The van der Waals surface area contributed by atoms with E-state index in [4.69, 9.17) is 4.74 Å². The van der Waals surface area contributed by atoms with Crippen LogP contribution in [0.1, 0.15) is 27.2 Å². The number of piperidine rings is 1. The summed E-state index contributed by atoms with van der Waals surface area (Å²) >= 11 is 0. The van der Waals surface area contributed by atoms with E-state index in [0.29, 0.717) is 17.6 Å². The van der Waals surface area contributed by atoms with Crippen LogP contribution >= 0.6 is 0 Å². The number of halogens is 1. The van der Waals surface area contributed by atoms with Crippen molar-refractivity contribution < 1.29 is 14.2 Å². The van der Waals surface area contributed by atoms with Crippen LogP contribution in [-0.2, 0) is 0 Å². The molecule has 2 N–H and O–H groups in total. The largest absolute Gasteiger partial charge is 0.491 e. The predicted molar refractivity (Wildman–Crippen MR) is 98.4 cm³/mol. The molecule has 1 aromatic rings. The summed E-state index contributed by atoms with van der Waals surface area (Å²) in [6, 6.07) is 5.77. The van der Waals surface area contributed by atoms with Gasteiger partial charge in [0.15, 0.2) is 5.96 Å². The molecular weight excluding hydrogens is 321 g/mol. The predicted octanol–water partition coefficient (Wildman–Crippen LogP) is 2.51. The number of nitrogens with one attached hydrogen (secondary N) is 1. The van der Waals surface area contributed by atoms with Gasteiger partial charge in [0.2, 0.25) is 0 Å². The lowest BCUT2D eigenvalue weighted by atomic mass is 9.92. The molecule has 0 bridgehead atoms. The van der Waals surface area contributed by atoms with Crippen LogP contribution < -0.4 is 10.1 Å². The van der Waals surface area contributed by atoms with Gasteiger partial charge in [-0.25, -0.2) is 4.39 Å². The van der Waals surface area contributed by atoms with E-state index in [9.17, 15) is 9.50 Å². The van der Waals surface area contributed by atoms with Crippen LogP contribution in [-0.4, -0.2) is 54.9 Å². The Labute approximate surface area is 149 Å². The minimum atomic E-state index is -0.710. The summed E-state index contributed by atoms with van der Waals surface area (Å²) in [5.74, 6) is 2.35. The van der Waals surface area contributed by atoms with Crippen LogP contribution in [0, 0.1) is 17.7 Å². The van der Waals surface area contributed by atoms with Crippen molar-refractivity contribution in [2.45, 2.75) is 33.3 Å². The lowest BCUT2D eigenvalue weighted by Crippen LogP contribution is -2.48. The summed E-state index contributed by atoms with van der Waals surface area (Å²) in [5.41, 5.74) is 0. The third-order valence-electron chi connectivity index (χ3n) is 4.21. The first-order chi connectivity index (χ1) is 12.0. The minimum absolute atomic E-state index is 0.126. The van der Waals surface area contributed by atoms with E-state index in [1.54, 1.807) is 12.1 Å². The number of ether oxygens (including phenoxy) is 1. The van der Waals surface area contributed by atoms with Gasteiger partial charge in [0, 0.05) is 19.6 Å². The molecule has 1 fully saturated rings. The van der Waals surface area contributed by atoms with Crippen LogP contribution in [0.4, 0.5) is 4.39 Å². The third kappa shape index (κ3) is 6.53. The van der Waals surface area contributed by atoms with Gasteiger partial charge in [-0.05, 0) is 49.4 Å². The second kappa shape index (κ2) is 9.61. The highest BCUT2D eigenvalue weighted by molar-refractivity contribution is 5.80. The maximum absolute atomic E-state index is 12.9. The van der Waals surface area contributed by atoms with Gasteiger partial charge in [-0.2, -0.15) is 0 Å². The van der Waals surface area contributed by atoms with E-state index < -0.39 is 6.10 Å². The van der Waals surface area contributed by atoms with Crippen LogP contribution in [0.3, 0.4) is 0 Å². The molecule has 0 radical (unpaired) electrons. The van der Waals surface area contributed by atoms with Crippen molar-refractivity contribution in [3.05, 3.63) is 30.1 Å². The van der Waals surface area contributed by atoms with Crippen LogP contribution in [0.15, 0.2) is 29.3 Å². The Hall–Kier alpha value is -1.82. The molecule has 1 aliphatic heterocycles. The van der Waals surface area contributed by atoms with Gasteiger partial charge in [0.05, 0.1) is 6.54 Å². The first kappa shape index (κ1) is 19.5. The number of aliphatic hydroxyl groups excluding tert-OH is 1. The van der Waals surface area contributed by atoms with E-state index in [0.717, 1.165) is 25.6 Å². The normalized spacial score (nSPS) is 22.6. The fourth-order valence-electron chi connectivity index (χ4n) is 3.23. The topological polar surface area (TPSA) is 57.1 Å². The highest BCUT2D eigenvalue weighted by atomic mass is 19.1. The Morgan fingerprint density at radius 2 is 1.96 bits per heavy atom. The molecular formula is C19H30FN3O2. The van der Waals surface area contributed by atoms with Gasteiger partial charge in [0.1, 0.15) is 24.3 Å². The van der Waals surface area contributed by atoms with Gasteiger partial charge >= 0.3 is 0 Å². The summed E-state index contributed by atoms with van der Waals surface area (Å²) in [5, 5.41) is 13.4. The van der Waals surface area contributed by atoms with Crippen molar-refractivity contribution in [1.82, 2.24) is 10.2 Å². The number of aliphatic hydroxyl groups is 1. The van der Waals surface area contributed by atoms with E-state index in [-0.39, 0.29) is 19.0 Å². The molecule has 0 amide bonds. The molecule has 5 nitrogen and oxygen atoms in total. The number of hydrogen-bond acceptors (Lipinski definition) is 3. The Kier molecular flexibility index (Phi) is 7.50. The zero-order chi connectivity index (χ0) is 18.2. The Bertz CT molecular complexity index is 540. The molecule has 1 aromatic carbocycles. The second-order valence-electron chi connectivity index (χ2n) is 6.96. The SMILES string of the molecule is CCNC(=NCC(O)COc1ccc(F)cc1)N1CC(C)CC(C)C1. The molecule has 1 saturated heterocycles. The molecule has 3 atom stereocenters. The molecule has 0 aliphatic carbocycles. The molecule has 0 spiro atoms. The fraction of sp³-hybridized carbons (Fsp3) is 0.632. The smallest absolute Gasteiger partial charge is 0.194 e. The standard InChI is InChI=1S/C19H30FN3O2/c1-4-21-19(23-11-14(2)9-15(3)12-23)22-10-17(24)13-25-18-7-5-16(20)6-8-18/h5-8,14-15,17,24H,4,9-13H2,1-3H3,(H,21,22). The maximum atomic E-state index is 12.9. The number of hydrogen-bond donors (Lipinski definition) is 2. The first-order valence-corrected chi connectivity index (χ1v) is 9.07. The molecule has 0 saturated carbocycles. The molecule has 1 aliphatic rings. The van der Waals surface area contributed by atoms with Crippen molar-refractivity contribution in [2.24, 2.45) is 16.8 Å². The zero-order valence-electron chi connectivity index (χ0n) is 15.4. The molecule has 6 heteroatoms. The van der Waals surface area contributed by atoms with E-state index >= 15 is 0 Å². The van der Waals surface area contributed by atoms with Crippen molar-refractivity contribution >= 4 is 5.96 Å². The van der Waals surface area contributed by atoms with E-state index in [1.165, 1.54) is 18.6 Å². The van der Waals surface area contributed by atoms with Crippen LogP contribution in [0.2, 0.25) is 0 Å². The average Bonchev–Trinajstić information content (AvgIpc) is 2.57. The summed E-state index contributed by atoms with van der Waals surface area (Å²) in [7, 11) is 0. The number of rotatable bonds is 6. The summed E-state index contributed by atoms with van der Waals surface area (Å²) in [6.07, 6.45) is 0.530. The van der Waals surface area contributed by atoms with Gasteiger partial charge in [-0.1, -0.05) is 13.8 Å². The molecule has 140 valence electrons. The van der Waals surface area contributed by atoms with Crippen molar-refractivity contribution in [1.29, 1.82) is 0 Å². The quantitative estimate of drug-likeness (QED) is 0.611. The average molecular weight is 351 g/mol. The number of guanidine groups is 1. The number of benzene rings is 1. The van der Waals surface area contributed by atoms with E-state index in [2.05, 4.69) is 29.1 Å². The van der Waals surface area contributed by atoms with E-state index in [1.807, 2.05) is 6.92 Å². The number of aliphatic imine (C=N–C) groups is 1. The summed E-state index contributed by atoms with van der Waals surface area (Å²) in [4.78, 5) is 6.85. The summed E-state index contributed by atoms with van der Waals surface area (Å²) < 4.78 is 18.3. The zero-order valence-corrected chi connectivity index (χ0v) is 15.4. The molecule has 25 heavy (non-hydrogen) atoms. The van der Waals surface area contributed by atoms with Crippen molar-refractivity contribution in [2.75, 3.05) is 32.8 Å². The van der Waals surface area contributed by atoms with Gasteiger partial charge < -0.3 is 20.1 Å². The summed E-state index contributed by atoms with van der Waals surface area (Å²) in [6.45, 7) is 9.72. The molecule has 3 unspecified atom stereocenters. The second-order valence-corrected chi connectivity index (χ2v) is 6.96. The Balaban J connectivity index is 1.87. The third-order valence-corrected chi connectivity index (χ3v) is 4.21. The number of nitrogens with zero attached hydrogens (tertiary/aromatic N) is 2. The lowest BCUT2D eigenvalue weighted by Gasteiger charge is -2.37. The van der Waals surface area contributed by atoms with Gasteiger partial charge in [-0.3, -0.25) is 4.99 Å². The minimum Gasteiger partial charge on any atom is -0.491 e. The monoisotopic (exact) mass is 351 g/mol.